The molecule has 6 rings (SSSR count). The van der Waals surface area contributed by atoms with Gasteiger partial charge in [-0.05, 0) is 31.8 Å². The lowest BCUT2D eigenvalue weighted by Gasteiger charge is -2.58. The summed E-state index contributed by atoms with van der Waals surface area (Å²) in [4.78, 5) is 24.7. The van der Waals surface area contributed by atoms with E-state index < -0.39 is 29.8 Å². The van der Waals surface area contributed by atoms with Crippen molar-refractivity contribution in [2.45, 2.75) is 69.4 Å². The topological polar surface area (TPSA) is 91.3 Å². The summed E-state index contributed by atoms with van der Waals surface area (Å²) < 4.78 is 23.5. The second kappa shape index (κ2) is 4.34. The first-order valence-electron chi connectivity index (χ1n) is 9.49. The lowest BCUT2D eigenvalue weighted by molar-refractivity contribution is -0.212. The third-order valence-electron chi connectivity index (χ3n) is 8.15. The minimum absolute atomic E-state index is 0.0446. The van der Waals surface area contributed by atoms with Crippen LogP contribution in [0.4, 0.5) is 0 Å². The zero-order chi connectivity index (χ0) is 18.1. The van der Waals surface area contributed by atoms with Gasteiger partial charge < -0.3 is 24.1 Å². The van der Waals surface area contributed by atoms with E-state index in [-0.39, 0.29) is 40.8 Å². The molecule has 0 aromatic rings. The SMILES string of the molecule is C[C@@]12O[C@]3(C4=CC(O)OC4=O)C[C@]1(C)[C@H]1CCC[C@H]4C(=O)O[C@H]([C@H]41)[C@H]2O3. The lowest BCUT2D eigenvalue weighted by Crippen LogP contribution is -2.67. The largest absolute Gasteiger partial charge is 0.459 e. The molecule has 2 aliphatic carbocycles. The van der Waals surface area contributed by atoms with Crippen molar-refractivity contribution in [2.75, 3.05) is 0 Å². The van der Waals surface area contributed by atoms with Crippen molar-refractivity contribution in [3.8, 4) is 0 Å². The minimum atomic E-state index is -1.27. The number of rotatable bonds is 1. The van der Waals surface area contributed by atoms with Crippen LogP contribution in [-0.2, 0) is 28.5 Å². The zero-order valence-electron chi connectivity index (χ0n) is 14.8. The van der Waals surface area contributed by atoms with E-state index in [1.54, 1.807) is 0 Å². The Hall–Kier alpha value is -1.44. The molecule has 7 nitrogen and oxygen atoms in total. The number of ether oxygens (including phenoxy) is 4. The Kier molecular flexibility index (Phi) is 2.60. The second-order valence-electron chi connectivity index (χ2n) is 9.09. The number of cyclic esters (lactones) is 1. The summed E-state index contributed by atoms with van der Waals surface area (Å²) in [5.74, 6) is -1.55. The van der Waals surface area contributed by atoms with E-state index in [0.717, 1.165) is 19.3 Å². The van der Waals surface area contributed by atoms with Crippen LogP contribution in [0.1, 0.15) is 39.5 Å². The highest BCUT2D eigenvalue weighted by atomic mass is 16.8. The van der Waals surface area contributed by atoms with Gasteiger partial charge in [-0.15, -0.1) is 0 Å². The van der Waals surface area contributed by atoms with Crippen molar-refractivity contribution in [1.82, 2.24) is 0 Å². The second-order valence-corrected chi connectivity index (χ2v) is 9.09. The van der Waals surface area contributed by atoms with E-state index in [9.17, 15) is 14.7 Å². The Morgan fingerprint density at radius 3 is 2.73 bits per heavy atom. The molecule has 0 aromatic heterocycles. The molecule has 9 atom stereocenters. The van der Waals surface area contributed by atoms with Gasteiger partial charge in [0.15, 0.2) is 0 Å². The van der Waals surface area contributed by atoms with E-state index in [0.29, 0.717) is 6.42 Å². The Balaban J connectivity index is 1.50. The summed E-state index contributed by atoms with van der Waals surface area (Å²) in [6.45, 7) is 4.23. The molecule has 4 heterocycles. The number of aliphatic hydroxyl groups is 1. The van der Waals surface area contributed by atoms with E-state index in [1.165, 1.54) is 6.08 Å². The highest BCUT2D eigenvalue weighted by Crippen LogP contribution is 2.73. The summed E-state index contributed by atoms with van der Waals surface area (Å²) in [6.07, 6.45) is 2.79. The standard InChI is InChI=1S/C19H22O7/c1-17-7-19(10-6-11(20)23-16(10)22)25-14(18(17,2)26-19)13-12-8(15(21)24-13)4-3-5-9(12)17/h6,8-9,11-14,20H,3-5,7H2,1-2H3/t8-,9+,11?,12-,13-,14-,17-,18+,19+/m1/s1. The number of hydrogen-bond acceptors (Lipinski definition) is 7. The van der Waals surface area contributed by atoms with Crippen LogP contribution in [0, 0.1) is 23.2 Å². The van der Waals surface area contributed by atoms with Crippen LogP contribution in [-0.4, -0.2) is 46.9 Å². The Labute approximate surface area is 150 Å². The van der Waals surface area contributed by atoms with Crippen LogP contribution < -0.4 is 0 Å². The first-order chi connectivity index (χ1) is 12.3. The highest BCUT2D eigenvalue weighted by molar-refractivity contribution is 5.93. The lowest BCUT2D eigenvalue weighted by atomic mass is 9.48. The van der Waals surface area contributed by atoms with E-state index in [1.807, 2.05) is 6.92 Å². The van der Waals surface area contributed by atoms with Gasteiger partial charge in [-0.3, -0.25) is 4.79 Å². The highest BCUT2D eigenvalue weighted by Gasteiger charge is 2.81. The third kappa shape index (κ3) is 1.47. The van der Waals surface area contributed by atoms with Crippen molar-refractivity contribution < 1.29 is 33.6 Å². The smallest absolute Gasteiger partial charge is 0.341 e. The fourth-order valence-electron chi connectivity index (χ4n) is 6.98. The normalized spacial score (nSPS) is 59.1. The first-order valence-corrected chi connectivity index (χ1v) is 9.49. The molecule has 26 heavy (non-hydrogen) atoms. The molecule has 0 aromatic carbocycles. The molecule has 6 aliphatic rings. The van der Waals surface area contributed by atoms with E-state index in [2.05, 4.69) is 6.92 Å². The van der Waals surface area contributed by atoms with Crippen molar-refractivity contribution in [2.24, 2.45) is 23.2 Å². The van der Waals surface area contributed by atoms with Crippen LogP contribution in [0.2, 0.25) is 0 Å². The van der Waals surface area contributed by atoms with Crippen LogP contribution in [0.5, 0.6) is 0 Å². The molecule has 0 spiro atoms. The van der Waals surface area contributed by atoms with Crippen molar-refractivity contribution in [1.29, 1.82) is 0 Å². The van der Waals surface area contributed by atoms with Gasteiger partial charge in [0.05, 0.1) is 11.5 Å². The van der Waals surface area contributed by atoms with Gasteiger partial charge in [-0.1, -0.05) is 13.3 Å². The zero-order valence-corrected chi connectivity index (χ0v) is 14.8. The Morgan fingerprint density at radius 1 is 1.19 bits per heavy atom. The van der Waals surface area contributed by atoms with Gasteiger partial charge in [0.2, 0.25) is 12.1 Å². The molecule has 140 valence electrons. The predicted octanol–water partition coefficient (Wildman–Crippen LogP) is 1.04. The summed E-state index contributed by atoms with van der Waals surface area (Å²) in [6, 6.07) is 0. The first kappa shape index (κ1) is 15.6. The molecule has 7 heteroatoms. The fourth-order valence-corrected chi connectivity index (χ4v) is 6.98. The molecule has 1 N–H and O–H groups in total. The molecular weight excluding hydrogens is 340 g/mol. The average Bonchev–Trinajstić information content (AvgIpc) is 3.25. The molecule has 1 unspecified atom stereocenters. The average molecular weight is 362 g/mol. The number of fused-ring (bicyclic) bond motifs is 3. The van der Waals surface area contributed by atoms with Gasteiger partial charge in [0, 0.05) is 17.8 Å². The molecule has 5 fully saturated rings. The Morgan fingerprint density at radius 2 is 2.00 bits per heavy atom. The van der Waals surface area contributed by atoms with Crippen molar-refractivity contribution in [3.05, 3.63) is 11.6 Å². The molecule has 4 aliphatic heterocycles. The molecular formula is C19H22O7. The summed E-state index contributed by atoms with van der Waals surface area (Å²) in [5.41, 5.74) is -0.657. The van der Waals surface area contributed by atoms with Gasteiger partial charge in [0.25, 0.3) is 0 Å². The van der Waals surface area contributed by atoms with E-state index in [4.69, 9.17) is 18.9 Å². The van der Waals surface area contributed by atoms with Gasteiger partial charge >= 0.3 is 11.9 Å². The third-order valence-corrected chi connectivity index (χ3v) is 8.15. The van der Waals surface area contributed by atoms with Gasteiger partial charge in [-0.25, -0.2) is 4.79 Å². The van der Waals surface area contributed by atoms with Crippen molar-refractivity contribution >= 4 is 11.9 Å². The maximum atomic E-state index is 12.5. The predicted molar refractivity (Wildman–Crippen MR) is 84.2 cm³/mol. The molecule has 0 radical (unpaired) electrons. The summed E-state index contributed by atoms with van der Waals surface area (Å²) >= 11 is 0. The molecule has 2 bridgehead atoms. The number of hydrogen-bond donors (Lipinski definition) is 1. The minimum Gasteiger partial charge on any atom is -0.459 e. The molecule has 2 saturated carbocycles. The number of aliphatic hydroxyl groups excluding tert-OH is 1. The molecule has 0 amide bonds. The van der Waals surface area contributed by atoms with Crippen LogP contribution in [0.25, 0.3) is 0 Å². The number of carbonyl (C=O) groups is 2. The number of carbonyl (C=O) groups excluding carboxylic acids is 2. The van der Waals surface area contributed by atoms with Crippen LogP contribution in [0.15, 0.2) is 11.6 Å². The van der Waals surface area contributed by atoms with E-state index >= 15 is 0 Å². The van der Waals surface area contributed by atoms with Crippen LogP contribution in [0.3, 0.4) is 0 Å². The Bertz CT molecular complexity index is 776. The molecule has 3 saturated heterocycles. The number of esters is 2. The monoisotopic (exact) mass is 362 g/mol. The quantitative estimate of drug-likeness (QED) is 0.697. The van der Waals surface area contributed by atoms with Gasteiger partial charge in [0.1, 0.15) is 17.8 Å². The summed E-state index contributed by atoms with van der Waals surface area (Å²) in [7, 11) is 0. The van der Waals surface area contributed by atoms with Crippen LogP contribution >= 0.6 is 0 Å². The maximum absolute atomic E-state index is 12.5. The van der Waals surface area contributed by atoms with Gasteiger partial charge in [-0.2, -0.15) is 0 Å². The van der Waals surface area contributed by atoms with Crippen molar-refractivity contribution in [3.63, 3.8) is 0 Å². The maximum Gasteiger partial charge on any atom is 0.341 e. The summed E-state index contributed by atoms with van der Waals surface area (Å²) in [5, 5.41) is 9.71. The fraction of sp³-hybridized carbons (Fsp3) is 0.789.